The maximum absolute atomic E-state index is 11.5. The minimum atomic E-state index is -1.51. The third-order valence-corrected chi connectivity index (χ3v) is 2.03. The standard InChI is InChI=1S/C10H12N2O5/c13-7(10(16)17)2-4-12-9(15)6-1-3-11-8(14)5-6/h1,3,5,7,13H,2,4H2,(H,11,14)(H,12,15)(H,16,17)/t7-/m0/s1. The van der Waals surface area contributed by atoms with E-state index in [1.807, 2.05) is 0 Å². The van der Waals surface area contributed by atoms with E-state index in [9.17, 15) is 14.4 Å². The summed E-state index contributed by atoms with van der Waals surface area (Å²) in [7, 11) is 0. The van der Waals surface area contributed by atoms with Gasteiger partial charge in [0.1, 0.15) is 0 Å². The Morgan fingerprint density at radius 2 is 2.18 bits per heavy atom. The van der Waals surface area contributed by atoms with Gasteiger partial charge >= 0.3 is 5.97 Å². The second-order valence-electron chi connectivity index (χ2n) is 3.34. The molecule has 1 atom stereocenters. The normalized spacial score (nSPS) is 11.8. The Morgan fingerprint density at radius 3 is 2.76 bits per heavy atom. The van der Waals surface area contributed by atoms with Gasteiger partial charge in [-0.2, -0.15) is 0 Å². The molecule has 17 heavy (non-hydrogen) atoms. The fourth-order valence-corrected chi connectivity index (χ4v) is 1.13. The summed E-state index contributed by atoms with van der Waals surface area (Å²) in [4.78, 5) is 35.0. The second kappa shape index (κ2) is 5.80. The predicted molar refractivity (Wildman–Crippen MR) is 57.7 cm³/mol. The number of nitrogens with one attached hydrogen (secondary N) is 2. The SMILES string of the molecule is O=C(NCC[C@H](O)C(=O)O)c1cc[nH]c(=O)c1. The highest BCUT2D eigenvalue weighted by molar-refractivity contribution is 5.93. The quantitative estimate of drug-likeness (QED) is 0.523. The number of aliphatic hydroxyl groups excluding tert-OH is 1. The molecule has 0 radical (unpaired) electrons. The van der Waals surface area contributed by atoms with E-state index in [1.165, 1.54) is 12.3 Å². The fraction of sp³-hybridized carbons (Fsp3) is 0.300. The van der Waals surface area contributed by atoms with E-state index in [0.29, 0.717) is 0 Å². The van der Waals surface area contributed by atoms with Crippen molar-refractivity contribution in [3.05, 3.63) is 34.2 Å². The highest BCUT2D eigenvalue weighted by atomic mass is 16.4. The summed E-state index contributed by atoms with van der Waals surface area (Å²) < 4.78 is 0. The minimum absolute atomic E-state index is 0.0130. The Bertz CT molecular complexity index is 468. The first kappa shape index (κ1) is 12.9. The summed E-state index contributed by atoms with van der Waals surface area (Å²) in [6, 6.07) is 2.55. The van der Waals surface area contributed by atoms with Crippen molar-refractivity contribution in [2.24, 2.45) is 0 Å². The summed E-state index contributed by atoms with van der Waals surface area (Å²) in [5.74, 6) is -1.83. The van der Waals surface area contributed by atoms with Crippen LogP contribution in [0.5, 0.6) is 0 Å². The van der Waals surface area contributed by atoms with Gasteiger partial charge in [0, 0.05) is 30.8 Å². The summed E-state index contributed by atoms with van der Waals surface area (Å²) in [5, 5.41) is 19.7. The third-order valence-electron chi connectivity index (χ3n) is 2.03. The number of carboxylic acid groups (broad SMARTS) is 1. The molecule has 1 amide bonds. The lowest BCUT2D eigenvalue weighted by atomic mass is 10.2. The van der Waals surface area contributed by atoms with Crippen molar-refractivity contribution >= 4 is 11.9 Å². The number of aliphatic hydroxyl groups is 1. The number of rotatable bonds is 5. The molecule has 0 saturated carbocycles. The van der Waals surface area contributed by atoms with Crippen molar-refractivity contribution in [2.75, 3.05) is 6.54 Å². The van der Waals surface area contributed by atoms with Gasteiger partial charge in [-0.3, -0.25) is 9.59 Å². The van der Waals surface area contributed by atoms with E-state index in [1.54, 1.807) is 0 Å². The number of H-pyrrole nitrogens is 1. The van der Waals surface area contributed by atoms with Crippen molar-refractivity contribution in [2.45, 2.75) is 12.5 Å². The molecule has 0 unspecified atom stereocenters. The maximum atomic E-state index is 11.5. The number of carbonyl (C=O) groups is 2. The summed E-state index contributed by atoms with van der Waals surface area (Å²) in [6.07, 6.45) is -0.261. The molecule has 0 aliphatic carbocycles. The smallest absolute Gasteiger partial charge is 0.332 e. The number of hydrogen-bond donors (Lipinski definition) is 4. The molecule has 4 N–H and O–H groups in total. The molecule has 0 saturated heterocycles. The van der Waals surface area contributed by atoms with Crippen LogP contribution in [-0.4, -0.2) is 39.7 Å². The minimum Gasteiger partial charge on any atom is -0.479 e. The van der Waals surface area contributed by atoms with Crippen LogP contribution >= 0.6 is 0 Å². The van der Waals surface area contributed by atoms with E-state index < -0.39 is 23.5 Å². The van der Waals surface area contributed by atoms with Gasteiger partial charge in [-0.15, -0.1) is 0 Å². The second-order valence-corrected chi connectivity index (χ2v) is 3.34. The molecular weight excluding hydrogens is 228 g/mol. The van der Waals surface area contributed by atoms with Gasteiger partial charge in [-0.1, -0.05) is 0 Å². The number of carboxylic acids is 1. The van der Waals surface area contributed by atoms with E-state index in [2.05, 4.69) is 10.3 Å². The largest absolute Gasteiger partial charge is 0.479 e. The van der Waals surface area contributed by atoms with Crippen molar-refractivity contribution in [3.63, 3.8) is 0 Å². The van der Waals surface area contributed by atoms with Crippen LogP contribution in [0.4, 0.5) is 0 Å². The van der Waals surface area contributed by atoms with Crippen molar-refractivity contribution in [1.29, 1.82) is 0 Å². The number of carbonyl (C=O) groups excluding carboxylic acids is 1. The fourth-order valence-electron chi connectivity index (χ4n) is 1.13. The van der Waals surface area contributed by atoms with Gasteiger partial charge in [0.05, 0.1) is 0 Å². The van der Waals surface area contributed by atoms with Gasteiger partial charge in [0.15, 0.2) is 6.10 Å². The van der Waals surface area contributed by atoms with Gasteiger partial charge < -0.3 is 20.5 Å². The van der Waals surface area contributed by atoms with E-state index in [4.69, 9.17) is 10.2 Å². The lowest BCUT2D eigenvalue weighted by molar-refractivity contribution is -0.146. The number of pyridine rings is 1. The lowest BCUT2D eigenvalue weighted by Gasteiger charge is -2.06. The maximum Gasteiger partial charge on any atom is 0.332 e. The molecule has 0 bridgehead atoms. The average molecular weight is 240 g/mol. The molecule has 7 heteroatoms. The molecule has 1 heterocycles. The van der Waals surface area contributed by atoms with Crippen LogP contribution in [0.15, 0.2) is 23.1 Å². The number of aromatic amines is 1. The van der Waals surface area contributed by atoms with Crippen LogP contribution in [0.3, 0.4) is 0 Å². The van der Waals surface area contributed by atoms with E-state index in [-0.39, 0.29) is 18.5 Å². The molecule has 1 aromatic heterocycles. The molecular formula is C10H12N2O5. The summed E-state index contributed by atoms with van der Waals surface area (Å²) in [5.41, 5.74) is -0.221. The van der Waals surface area contributed by atoms with Crippen LogP contribution in [0.25, 0.3) is 0 Å². The summed E-state index contributed by atoms with van der Waals surface area (Å²) in [6.45, 7) is 0.0130. The molecule has 0 aliphatic heterocycles. The zero-order chi connectivity index (χ0) is 12.8. The number of hydrogen-bond acceptors (Lipinski definition) is 4. The zero-order valence-corrected chi connectivity index (χ0v) is 8.84. The number of aromatic nitrogens is 1. The molecule has 92 valence electrons. The highest BCUT2D eigenvalue weighted by Crippen LogP contribution is 1.94. The van der Waals surface area contributed by atoms with Crippen molar-refractivity contribution in [1.82, 2.24) is 10.3 Å². The van der Waals surface area contributed by atoms with Crippen LogP contribution in [0, 0.1) is 0 Å². The molecule has 7 nitrogen and oxygen atoms in total. The Morgan fingerprint density at radius 1 is 1.47 bits per heavy atom. The monoisotopic (exact) mass is 240 g/mol. The van der Waals surface area contributed by atoms with Crippen LogP contribution in [0.2, 0.25) is 0 Å². The Kier molecular flexibility index (Phi) is 4.41. The first-order valence-corrected chi connectivity index (χ1v) is 4.88. The van der Waals surface area contributed by atoms with Crippen LogP contribution < -0.4 is 10.9 Å². The number of aliphatic carboxylic acids is 1. The third kappa shape index (κ3) is 4.07. The molecule has 1 rings (SSSR count). The average Bonchev–Trinajstić information content (AvgIpc) is 2.28. The van der Waals surface area contributed by atoms with E-state index >= 15 is 0 Å². The predicted octanol–water partition coefficient (Wildman–Crippen LogP) is -1.06. The topological polar surface area (TPSA) is 119 Å². The van der Waals surface area contributed by atoms with Gasteiger partial charge in [0.2, 0.25) is 5.56 Å². The Labute approximate surface area is 96.1 Å². The first-order valence-electron chi connectivity index (χ1n) is 4.88. The van der Waals surface area contributed by atoms with Crippen LogP contribution in [-0.2, 0) is 4.79 Å². The molecule has 0 aliphatic rings. The van der Waals surface area contributed by atoms with Crippen molar-refractivity contribution < 1.29 is 19.8 Å². The van der Waals surface area contributed by atoms with Crippen LogP contribution in [0.1, 0.15) is 16.8 Å². The van der Waals surface area contributed by atoms with Crippen molar-refractivity contribution in [3.8, 4) is 0 Å². The van der Waals surface area contributed by atoms with Gasteiger partial charge in [-0.05, 0) is 6.07 Å². The Balaban J connectivity index is 2.46. The molecule has 0 fully saturated rings. The van der Waals surface area contributed by atoms with Gasteiger partial charge in [0.25, 0.3) is 5.91 Å². The van der Waals surface area contributed by atoms with Gasteiger partial charge in [-0.25, -0.2) is 4.79 Å². The number of amides is 1. The first-order chi connectivity index (χ1) is 8.00. The lowest BCUT2D eigenvalue weighted by Crippen LogP contribution is -2.30. The molecule has 1 aromatic rings. The Hall–Kier alpha value is -2.15. The summed E-state index contributed by atoms with van der Waals surface area (Å²) >= 11 is 0. The van der Waals surface area contributed by atoms with E-state index in [0.717, 1.165) is 6.07 Å². The molecule has 0 aromatic carbocycles. The highest BCUT2D eigenvalue weighted by Gasteiger charge is 2.13. The zero-order valence-electron chi connectivity index (χ0n) is 8.84. The molecule has 0 spiro atoms.